The number of hydrogen-bond acceptors (Lipinski definition) is 0. The summed E-state index contributed by atoms with van der Waals surface area (Å²) in [5, 5.41) is 0. The average Bonchev–Trinajstić information content (AvgIpc) is 3.27. The van der Waals surface area contributed by atoms with Crippen LogP contribution < -0.4 is 9.13 Å². The fourth-order valence-corrected chi connectivity index (χ4v) is 8.54. The molecule has 2 nitrogen and oxygen atoms in total. The zero-order valence-corrected chi connectivity index (χ0v) is 34.4. The molecule has 0 aliphatic carbocycles. The third-order valence-corrected chi connectivity index (χ3v) is 11.6. The fraction of sp³-hybridized carbons (Fsp3) is 0.0877. The van der Waals surface area contributed by atoms with Gasteiger partial charge in [0.25, 0.3) is 0 Å². The smallest absolute Gasteiger partial charge is 0.176 e. The maximum Gasteiger partial charge on any atom is 0.176 e. The van der Waals surface area contributed by atoms with Crippen molar-refractivity contribution in [3.05, 3.63) is 217 Å². The number of rotatable bonds is 8. The number of pyridine rings is 2. The van der Waals surface area contributed by atoms with Crippen molar-refractivity contribution in [3.8, 4) is 89.0 Å². The Bertz CT molecular complexity index is 2910. The first-order valence-electron chi connectivity index (χ1n) is 20.4. The molecule has 59 heavy (non-hydrogen) atoms. The van der Waals surface area contributed by atoms with Crippen molar-refractivity contribution in [2.45, 2.75) is 20.8 Å². The van der Waals surface area contributed by atoms with E-state index in [0.717, 1.165) is 0 Å². The Hall–Kier alpha value is -7.16. The zero-order chi connectivity index (χ0) is 40.5. The quantitative estimate of drug-likeness (QED) is 0.136. The first kappa shape index (κ1) is 37.4. The monoisotopic (exact) mass is 760 g/mol. The van der Waals surface area contributed by atoms with Crippen molar-refractivity contribution in [3.63, 3.8) is 0 Å². The molecule has 0 atom stereocenters. The van der Waals surface area contributed by atoms with Crippen LogP contribution in [0.15, 0.2) is 201 Å². The van der Waals surface area contributed by atoms with Crippen molar-refractivity contribution in [1.82, 2.24) is 0 Å². The number of aromatic nitrogens is 2. The largest absolute Gasteiger partial charge is 0.207 e. The van der Waals surface area contributed by atoms with Crippen LogP contribution in [0.5, 0.6) is 0 Å². The highest BCUT2D eigenvalue weighted by atomic mass is 14.9. The lowest BCUT2D eigenvalue weighted by molar-refractivity contribution is -0.671. The molecule has 2 heteroatoms. The summed E-state index contributed by atoms with van der Waals surface area (Å²) in [5.74, 6) is 0. The van der Waals surface area contributed by atoms with Crippen molar-refractivity contribution >= 4 is 0 Å². The molecule has 0 unspecified atom stereocenters. The van der Waals surface area contributed by atoms with Gasteiger partial charge in [-0.2, -0.15) is 0 Å². The number of nitrogens with zero attached hydrogens (tertiary/aromatic N) is 2. The van der Waals surface area contributed by atoms with Crippen LogP contribution in [0, 0.1) is 20.8 Å². The van der Waals surface area contributed by atoms with Crippen LogP contribution >= 0.6 is 0 Å². The first-order valence-corrected chi connectivity index (χ1v) is 20.4. The van der Waals surface area contributed by atoms with E-state index in [1.807, 2.05) is 0 Å². The molecule has 0 radical (unpaired) electrons. The Labute approximate surface area is 349 Å². The van der Waals surface area contributed by atoms with Crippen LogP contribution in [-0.2, 0) is 14.1 Å². The summed E-state index contributed by atoms with van der Waals surface area (Å²) >= 11 is 0. The van der Waals surface area contributed by atoms with E-state index < -0.39 is 0 Å². The van der Waals surface area contributed by atoms with Gasteiger partial charge in [-0.25, -0.2) is 9.13 Å². The number of benzene rings is 7. The highest BCUT2D eigenvalue weighted by Gasteiger charge is 2.27. The SMILES string of the molecule is Cc1ccc(-c2c(-c3ccc(-c4ccccc4)cc3)c(C)c(-c3ccc(-c4ccc[n+](C)c4)cc3)c(-c3ccc(C)cc3)c2-c2ccc(-c3ccc[n+](C)c3)cc2)cc1. The zero-order valence-electron chi connectivity index (χ0n) is 34.4. The first-order chi connectivity index (χ1) is 28.8. The molecule has 0 spiro atoms. The third-order valence-electron chi connectivity index (χ3n) is 11.6. The molecule has 2 heterocycles. The second-order valence-electron chi connectivity index (χ2n) is 15.8. The summed E-state index contributed by atoms with van der Waals surface area (Å²) in [7, 11) is 4.15. The van der Waals surface area contributed by atoms with Crippen molar-refractivity contribution in [2.75, 3.05) is 0 Å². The van der Waals surface area contributed by atoms with Gasteiger partial charge in [-0.15, -0.1) is 0 Å². The summed E-state index contributed by atoms with van der Waals surface area (Å²) in [6.45, 7) is 6.67. The molecule has 0 bridgehead atoms. The Morgan fingerprint density at radius 3 is 0.898 bits per heavy atom. The van der Waals surface area contributed by atoms with E-state index in [2.05, 4.69) is 245 Å². The summed E-state index contributed by atoms with van der Waals surface area (Å²) in [5.41, 5.74) is 23.0. The minimum atomic E-state index is 1.18. The lowest BCUT2D eigenvalue weighted by Crippen LogP contribution is -2.26. The summed E-state index contributed by atoms with van der Waals surface area (Å²) in [6.07, 6.45) is 8.52. The van der Waals surface area contributed by atoms with Gasteiger partial charge in [0.15, 0.2) is 24.8 Å². The lowest BCUT2D eigenvalue weighted by atomic mass is 9.75. The predicted octanol–water partition coefficient (Wildman–Crippen LogP) is 13.6. The maximum absolute atomic E-state index is 2.33. The molecule has 9 aromatic rings. The van der Waals surface area contributed by atoms with Crippen molar-refractivity contribution in [1.29, 1.82) is 0 Å². The molecule has 9 rings (SSSR count). The van der Waals surface area contributed by atoms with Crippen LogP contribution in [0.1, 0.15) is 16.7 Å². The minimum absolute atomic E-state index is 1.18. The normalized spacial score (nSPS) is 11.1. The van der Waals surface area contributed by atoms with E-state index in [9.17, 15) is 0 Å². The number of hydrogen-bond donors (Lipinski definition) is 0. The van der Waals surface area contributed by atoms with Crippen LogP contribution in [0.2, 0.25) is 0 Å². The molecule has 284 valence electrons. The van der Waals surface area contributed by atoms with Crippen molar-refractivity contribution < 1.29 is 9.13 Å². The van der Waals surface area contributed by atoms with Gasteiger partial charge >= 0.3 is 0 Å². The Morgan fingerprint density at radius 1 is 0.254 bits per heavy atom. The van der Waals surface area contributed by atoms with Crippen LogP contribution in [0.25, 0.3) is 89.0 Å². The number of aryl methyl sites for hydroxylation is 4. The Kier molecular flexibility index (Phi) is 10.1. The standard InChI is InChI=1S/C57H48N2/c1-39-15-19-48(20-16-39)55-53(46-29-23-43(24-30-46)42-11-7-6-8-12-42)41(3)54(47-31-25-44(26-32-47)51-13-9-35-58(4)37-51)56(49-21-17-40(2)18-22-49)57(55)50-33-27-45(28-34-50)52-14-10-36-59(5)38-52/h6-38H,1-5H3/q+2. The van der Waals surface area contributed by atoms with Crippen LogP contribution in [0.3, 0.4) is 0 Å². The van der Waals surface area contributed by atoms with Crippen LogP contribution in [-0.4, -0.2) is 0 Å². The van der Waals surface area contributed by atoms with Gasteiger partial charge in [0, 0.05) is 23.3 Å². The van der Waals surface area contributed by atoms with E-state index >= 15 is 0 Å². The second-order valence-corrected chi connectivity index (χ2v) is 15.8. The highest BCUT2D eigenvalue weighted by molar-refractivity contribution is 6.09. The lowest BCUT2D eigenvalue weighted by Gasteiger charge is -2.27. The van der Waals surface area contributed by atoms with E-state index in [1.165, 1.54) is 106 Å². The highest BCUT2D eigenvalue weighted by Crippen LogP contribution is 2.53. The van der Waals surface area contributed by atoms with Gasteiger partial charge in [0.1, 0.15) is 14.1 Å². The molecule has 0 aliphatic heterocycles. The van der Waals surface area contributed by atoms with E-state index in [4.69, 9.17) is 0 Å². The fourth-order valence-electron chi connectivity index (χ4n) is 8.54. The third kappa shape index (κ3) is 7.54. The topological polar surface area (TPSA) is 7.76 Å². The molecule has 0 saturated heterocycles. The van der Waals surface area contributed by atoms with Crippen LogP contribution in [0.4, 0.5) is 0 Å². The molecule has 7 aromatic carbocycles. The average molecular weight is 761 g/mol. The molecule has 0 amide bonds. The van der Waals surface area contributed by atoms with E-state index in [-0.39, 0.29) is 0 Å². The summed E-state index contributed by atoms with van der Waals surface area (Å²) in [6, 6.07) is 65.1. The minimum Gasteiger partial charge on any atom is -0.207 e. The molecule has 0 saturated carbocycles. The molecule has 0 fully saturated rings. The van der Waals surface area contributed by atoms with Crippen molar-refractivity contribution in [2.24, 2.45) is 14.1 Å². The molecular formula is C57H48N2+2. The predicted molar refractivity (Wildman–Crippen MR) is 246 cm³/mol. The van der Waals surface area contributed by atoms with Gasteiger partial charge in [-0.1, -0.05) is 163 Å². The molecule has 0 N–H and O–H groups in total. The second kappa shape index (κ2) is 16.0. The molecule has 2 aromatic heterocycles. The van der Waals surface area contributed by atoms with Gasteiger partial charge in [-0.05, 0) is 116 Å². The van der Waals surface area contributed by atoms with E-state index in [1.54, 1.807) is 0 Å². The summed E-state index contributed by atoms with van der Waals surface area (Å²) in [4.78, 5) is 0. The van der Waals surface area contributed by atoms with E-state index in [0.29, 0.717) is 0 Å². The van der Waals surface area contributed by atoms with Gasteiger partial charge in [-0.3, -0.25) is 0 Å². The molecular weight excluding hydrogens is 713 g/mol. The molecule has 0 aliphatic rings. The summed E-state index contributed by atoms with van der Waals surface area (Å²) < 4.78 is 4.22. The van der Waals surface area contributed by atoms with Gasteiger partial charge < -0.3 is 0 Å². The maximum atomic E-state index is 2.33. The van der Waals surface area contributed by atoms with Gasteiger partial charge in [0.05, 0.1) is 0 Å². The van der Waals surface area contributed by atoms with Gasteiger partial charge in [0.2, 0.25) is 0 Å². The Morgan fingerprint density at radius 2 is 0.525 bits per heavy atom. The Balaban J connectivity index is 1.38.